The van der Waals surface area contributed by atoms with E-state index >= 15 is 0 Å². The Hall–Kier alpha value is -1.02. The molecule has 1 unspecified atom stereocenters. The summed E-state index contributed by atoms with van der Waals surface area (Å²) in [5.41, 5.74) is 1.94. The van der Waals surface area contributed by atoms with Crippen molar-refractivity contribution in [3.8, 4) is 0 Å². The third-order valence-corrected chi connectivity index (χ3v) is 4.76. The summed E-state index contributed by atoms with van der Waals surface area (Å²) in [7, 11) is 0. The van der Waals surface area contributed by atoms with Crippen molar-refractivity contribution in [1.82, 2.24) is 0 Å². The van der Waals surface area contributed by atoms with E-state index in [4.69, 9.17) is 11.6 Å². The summed E-state index contributed by atoms with van der Waals surface area (Å²) in [5, 5.41) is 3.61. The van der Waals surface area contributed by atoms with Gasteiger partial charge >= 0.3 is 0 Å². The number of amides is 1. The van der Waals surface area contributed by atoms with Crippen molar-refractivity contribution in [2.75, 3.05) is 5.32 Å². The van der Waals surface area contributed by atoms with E-state index in [-0.39, 0.29) is 11.8 Å². The highest BCUT2D eigenvalue weighted by atomic mass is 35.5. The summed E-state index contributed by atoms with van der Waals surface area (Å²) >= 11 is 6.15. The lowest BCUT2D eigenvalue weighted by Crippen LogP contribution is -2.24. The van der Waals surface area contributed by atoms with Crippen LogP contribution in [0.5, 0.6) is 0 Å². The number of hydrogen-bond donors (Lipinski definition) is 1. The number of anilines is 1. The number of halogens is 1. The van der Waals surface area contributed by atoms with Gasteiger partial charge in [-0.15, -0.1) is 0 Å². The van der Waals surface area contributed by atoms with Crippen LogP contribution in [0.25, 0.3) is 0 Å². The number of carbonyl (C=O) groups excluding carboxylic acids is 1. The Bertz CT molecular complexity index is 477. The van der Waals surface area contributed by atoms with Gasteiger partial charge in [-0.3, -0.25) is 4.79 Å². The van der Waals surface area contributed by atoms with E-state index in [1.807, 2.05) is 18.2 Å². The second kappa shape index (κ2) is 4.58. The van der Waals surface area contributed by atoms with Crippen molar-refractivity contribution in [2.45, 2.75) is 38.5 Å². The van der Waals surface area contributed by atoms with Crippen molar-refractivity contribution >= 4 is 23.2 Å². The van der Waals surface area contributed by atoms with E-state index in [1.54, 1.807) is 0 Å². The molecule has 1 aliphatic carbocycles. The summed E-state index contributed by atoms with van der Waals surface area (Å²) in [6.45, 7) is 2.30. The Kier molecular flexibility index (Phi) is 3.06. The zero-order chi connectivity index (χ0) is 12.7. The number of para-hydroxylation sites is 1. The molecule has 1 aromatic carbocycles. The SMILES string of the molecule is CC1CCC(C2C(=O)Nc3c(Cl)cccc32)CC1. The van der Waals surface area contributed by atoms with Crippen LogP contribution in [0.1, 0.15) is 44.1 Å². The smallest absolute Gasteiger partial charge is 0.232 e. The summed E-state index contributed by atoms with van der Waals surface area (Å²) in [4.78, 5) is 12.2. The minimum atomic E-state index is 0.0196. The molecule has 3 heteroatoms. The molecule has 0 aromatic heterocycles. The molecule has 3 rings (SSSR count). The van der Waals surface area contributed by atoms with Gasteiger partial charge in [-0.25, -0.2) is 0 Å². The van der Waals surface area contributed by atoms with Crippen LogP contribution in [0, 0.1) is 11.8 Å². The molecular weight excluding hydrogens is 246 g/mol. The molecule has 96 valence electrons. The first kappa shape index (κ1) is 12.0. The predicted molar refractivity (Wildman–Crippen MR) is 73.9 cm³/mol. The highest BCUT2D eigenvalue weighted by molar-refractivity contribution is 6.34. The maximum atomic E-state index is 12.2. The Labute approximate surface area is 113 Å². The van der Waals surface area contributed by atoms with E-state index in [2.05, 4.69) is 12.2 Å². The largest absolute Gasteiger partial charge is 0.324 e. The highest BCUT2D eigenvalue weighted by Gasteiger charge is 2.38. The lowest BCUT2D eigenvalue weighted by molar-refractivity contribution is -0.118. The molecule has 1 aliphatic heterocycles. The van der Waals surface area contributed by atoms with E-state index in [0.29, 0.717) is 10.9 Å². The molecule has 0 bridgehead atoms. The topological polar surface area (TPSA) is 29.1 Å². The lowest BCUT2D eigenvalue weighted by Gasteiger charge is -2.29. The Balaban J connectivity index is 1.90. The van der Waals surface area contributed by atoms with Gasteiger partial charge in [0.05, 0.1) is 16.6 Å². The number of nitrogens with one attached hydrogen (secondary N) is 1. The molecule has 0 radical (unpaired) electrons. The fraction of sp³-hybridized carbons (Fsp3) is 0.533. The Morgan fingerprint density at radius 1 is 1.22 bits per heavy atom. The minimum Gasteiger partial charge on any atom is -0.324 e. The molecular formula is C15H18ClNO. The van der Waals surface area contributed by atoms with Gasteiger partial charge in [0.15, 0.2) is 0 Å². The van der Waals surface area contributed by atoms with Crippen LogP contribution >= 0.6 is 11.6 Å². The van der Waals surface area contributed by atoms with E-state index in [9.17, 15) is 4.79 Å². The number of hydrogen-bond acceptors (Lipinski definition) is 1. The predicted octanol–water partition coefficient (Wildman–Crippen LogP) is 4.20. The number of fused-ring (bicyclic) bond motifs is 1. The summed E-state index contributed by atoms with van der Waals surface area (Å²) < 4.78 is 0. The van der Waals surface area contributed by atoms with Crippen molar-refractivity contribution < 1.29 is 4.79 Å². The van der Waals surface area contributed by atoms with Crippen LogP contribution in [-0.4, -0.2) is 5.91 Å². The Morgan fingerprint density at radius 2 is 1.94 bits per heavy atom. The van der Waals surface area contributed by atoms with E-state index in [0.717, 1.165) is 30.0 Å². The maximum absolute atomic E-state index is 12.2. The van der Waals surface area contributed by atoms with Gasteiger partial charge in [-0.1, -0.05) is 43.5 Å². The van der Waals surface area contributed by atoms with Crippen molar-refractivity contribution in [3.63, 3.8) is 0 Å². The molecule has 0 spiro atoms. The molecule has 1 N–H and O–H groups in total. The molecule has 1 fully saturated rings. The van der Waals surface area contributed by atoms with E-state index in [1.165, 1.54) is 12.8 Å². The maximum Gasteiger partial charge on any atom is 0.232 e. The third-order valence-electron chi connectivity index (χ3n) is 4.44. The van der Waals surface area contributed by atoms with Crippen molar-refractivity contribution in [2.24, 2.45) is 11.8 Å². The zero-order valence-electron chi connectivity index (χ0n) is 10.6. The van der Waals surface area contributed by atoms with Gasteiger partial charge in [0.2, 0.25) is 5.91 Å². The normalized spacial score (nSPS) is 31.0. The van der Waals surface area contributed by atoms with Crippen LogP contribution in [0.2, 0.25) is 5.02 Å². The molecule has 2 aliphatic rings. The number of rotatable bonds is 1. The third kappa shape index (κ3) is 1.93. The first-order valence-electron chi connectivity index (χ1n) is 6.76. The fourth-order valence-electron chi connectivity index (χ4n) is 3.36. The van der Waals surface area contributed by atoms with Crippen LogP contribution < -0.4 is 5.32 Å². The Morgan fingerprint density at radius 3 is 2.67 bits per heavy atom. The van der Waals surface area contributed by atoms with E-state index < -0.39 is 0 Å². The van der Waals surface area contributed by atoms with Crippen molar-refractivity contribution in [1.29, 1.82) is 0 Å². The fourth-order valence-corrected chi connectivity index (χ4v) is 3.59. The molecule has 2 nitrogen and oxygen atoms in total. The molecule has 18 heavy (non-hydrogen) atoms. The average molecular weight is 264 g/mol. The summed E-state index contributed by atoms with van der Waals surface area (Å²) in [6, 6.07) is 5.83. The molecule has 1 aromatic rings. The van der Waals surface area contributed by atoms with Gasteiger partial charge in [-0.05, 0) is 36.3 Å². The van der Waals surface area contributed by atoms with Gasteiger partial charge in [-0.2, -0.15) is 0 Å². The first-order chi connectivity index (χ1) is 8.66. The van der Waals surface area contributed by atoms with Crippen LogP contribution in [0.3, 0.4) is 0 Å². The number of benzene rings is 1. The lowest BCUT2D eigenvalue weighted by atomic mass is 9.74. The molecule has 1 amide bonds. The monoisotopic (exact) mass is 263 g/mol. The van der Waals surface area contributed by atoms with Gasteiger partial charge in [0.25, 0.3) is 0 Å². The molecule has 0 saturated heterocycles. The standard InChI is InChI=1S/C15H18ClNO/c1-9-5-7-10(8-6-9)13-11-3-2-4-12(16)14(11)17-15(13)18/h2-4,9-10,13H,5-8H2,1H3,(H,17,18). The quantitative estimate of drug-likeness (QED) is 0.808. The van der Waals surface area contributed by atoms with Crippen LogP contribution in [0.15, 0.2) is 18.2 Å². The van der Waals surface area contributed by atoms with Crippen molar-refractivity contribution in [3.05, 3.63) is 28.8 Å². The summed E-state index contributed by atoms with van der Waals surface area (Å²) in [5.74, 6) is 1.45. The molecule has 1 atom stereocenters. The second-order valence-corrected chi connectivity index (χ2v) is 6.10. The zero-order valence-corrected chi connectivity index (χ0v) is 11.3. The molecule has 1 heterocycles. The van der Waals surface area contributed by atoms with Crippen LogP contribution in [-0.2, 0) is 4.79 Å². The second-order valence-electron chi connectivity index (χ2n) is 5.69. The van der Waals surface area contributed by atoms with Gasteiger partial charge < -0.3 is 5.32 Å². The molecule has 1 saturated carbocycles. The van der Waals surface area contributed by atoms with Gasteiger partial charge in [0.1, 0.15) is 0 Å². The highest BCUT2D eigenvalue weighted by Crippen LogP contribution is 2.46. The minimum absolute atomic E-state index is 0.0196. The average Bonchev–Trinajstić information content (AvgIpc) is 2.69. The van der Waals surface area contributed by atoms with Crippen LogP contribution in [0.4, 0.5) is 5.69 Å². The summed E-state index contributed by atoms with van der Waals surface area (Å²) in [6.07, 6.45) is 4.80. The number of carbonyl (C=O) groups is 1. The first-order valence-corrected chi connectivity index (χ1v) is 7.14. The van der Waals surface area contributed by atoms with Gasteiger partial charge in [0, 0.05) is 0 Å².